The average Bonchev–Trinajstić information content (AvgIpc) is 3.44. The van der Waals surface area contributed by atoms with Crippen molar-refractivity contribution >= 4 is 0 Å². The van der Waals surface area contributed by atoms with Crippen LogP contribution < -0.4 is 0 Å². The highest BCUT2D eigenvalue weighted by Crippen LogP contribution is 2.51. The molecule has 0 nitrogen and oxygen atoms in total. The SMILES string of the molecule is CCCCc1c(CCCC)c(CCCC)c2c(c1CCCC)Cc1c(CCCC)c(CCCC)c(CCCC)c(CCCC)c1-2. The molecule has 0 bridgehead atoms. The van der Waals surface area contributed by atoms with Gasteiger partial charge in [0.05, 0.1) is 0 Å². The van der Waals surface area contributed by atoms with Crippen LogP contribution in [0, 0.1) is 0 Å². The fraction of sp³-hybridized carbons (Fsp3) is 0.733. The normalized spacial score (nSPS) is 12.3. The van der Waals surface area contributed by atoms with E-state index in [0.717, 1.165) is 0 Å². The van der Waals surface area contributed by atoms with Gasteiger partial charge in [-0.3, -0.25) is 0 Å². The molecule has 0 aromatic heterocycles. The van der Waals surface area contributed by atoms with Gasteiger partial charge in [0.25, 0.3) is 0 Å². The Morgan fingerprint density at radius 2 is 0.467 bits per heavy atom. The van der Waals surface area contributed by atoms with E-state index >= 15 is 0 Å². The molecule has 0 heteroatoms. The third kappa shape index (κ3) is 9.29. The molecule has 0 atom stereocenters. The van der Waals surface area contributed by atoms with Crippen LogP contribution in [0.5, 0.6) is 0 Å². The Kier molecular flexibility index (Phi) is 17.4. The summed E-state index contributed by atoms with van der Waals surface area (Å²) < 4.78 is 0. The van der Waals surface area contributed by atoms with Crippen LogP contribution in [-0.2, 0) is 57.8 Å². The Hall–Kier alpha value is -1.56. The maximum atomic E-state index is 2.41. The first-order valence-corrected chi connectivity index (χ1v) is 20.4. The molecule has 254 valence electrons. The van der Waals surface area contributed by atoms with E-state index in [1.165, 1.54) is 161 Å². The Bertz CT molecular complexity index is 1070. The third-order valence-corrected chi connectivity index (χ3v) is 11.0. The van der Waals surface area contributed by atoms with Crippen molar-refractivity contribution in [1.29, 1.82) is 0 Å². The van der Waals surface area contributed by atoms with Gasteiger partial charge in [0.2, 0.25) is 0 Å². The lowest BCUT2D eigenvalue weighted by Crippen LogP contribution is -2.12. The van der Waals surface area contributed by atoms with E-state index in [-0.39, 0.29) is 0 Å². The van der Waals surface area contributed by atoms with Crippen LogP contribution in [0.2, 0.25) is 0 Å². The minimum Gasteiger partial charge on any atom is -0.0654 e. The van der Waals surface area contributed by atoms with Crippen LogP contribution in [0.1, 0.15) is 214 Å². The molecule has 3 rings (SSSR count). The van der Waals surface area contributed by atoms with Gasteiger partial charge in [-0.2, -0.15) is 0 Å². The van der Waals surface area contributed by atoms with Crippen LogP contribution in [-0.4, -0.2) is 0 Å². The quantitative estimate of drug-likeness (QED) is 0.0941. The summed E-state index contributed by atoms with van der Waals surface area (Å²) in [5.74, 6) is 0. The summed E-state index contributed by atoms with van der Waals surface area (Å²) >= 11 is 0. The molecule has 0 saturated heterocycles. The summed E-state index contributed by atoms with van der Waals surface area (Å²) in [5, 5.41) is 0. The van der Waals surface area contributed by atoms with E-state index in [1.54, 1.807) is 22.3 Å². The average molecular weight is 615 g/mol. The highest BCUT2D eigenvalue weighted by atomic mass is 14.4. The summed E-state index contributed by atoms with van der Waals surface area (Å²) in [6, 6.07) is 0. The second-order valence-electron chi connectivity index (χ2n) is 14.5. The zero-order valence-electron chi connectivity index (χ0n) is 31.7. The molecule has 0 spiro atoms. The van der Waals surface area contributed by atoms with Gasteiger partial charge in [-0.25, -0.2) is 0 Å². The van der Waals surface area contributed by atoms with Crippen molar-refractivity contribution in [2.24, 2.45) is 0 Å². The zero-order valence-corrected chi connectivity index (χ0v) is 31.7. The Morgan fingerprint density at radius 3 is 0.711 bits per heavy atom. The minimum absolute atomic E-state index is 1.22. The topological polar surface area (TPSA) is 0 Å². The zero-order chi connectivity index (χ0) is 32.6. The molecular weight excluding hydrogens is 540 g/mol. The first-order chi connectivity index (χ1) is 22.1. The number of hydrogen-bond donors (Lipinski definition) is 0. The van der Waals surface area contributed by atoms with Crippen molar-refractivity contribution in [2.75, 3.05) is 0 Å². The lowest BCUT2D eigenvalue weighted by atomic mass is 9.77. The number of rotatable bonds is 24. The molecule has 0 unspecified atom stereocenters. The van der Waals surface area contributed by atoms with E-state index in [1.807, 2.05) is 44.5 Å². The van der Waals surface area contributed by atoms with Crippen LogP contribution in [0.3, 0.4) is 0 Å². The molecule has 45 heavy (non-hydrogen) atoms. The number of unbranched alkanes of at least 4 members (excludes halogenated alkanes) is 8. The predicted octanol–water partition coefficient (Wildman–Crippen LogP) is 14.0. The van der Waals surface area contributed by atoms with Crippen molar-refractivity contribution in [3.63, 3.8) is 0 Å². The predicted molar refractivity (Wildman–Crippen MR) is 204 cm³/mol. The fourth-order valence-electron chi connectivity index (χ4n) is 8.42. The molecule has 0 radical (unpaired) electrons. The van der Waals surface area contributed by atoms with Gasteiger partial charge in [0.15, 0.2) is 0 Å². The maximum absolute atomic E-state index is 2.41. The van der Waals surface area contributed by atoms with E-state index in [4.69, 9.17) is 0 Å². The van der Waals surface area contributed by atoms with E-state index < -0.39 is 0 Å². The summed E-state index contributed by atoms with van der Waals surface area (Å²) in [5.41, 5.74) is 21.7. The first-order valence-electron chi connectivity index (χ1n) is 20.4. The highest BCUT2D eigenvalue weighted by molar-refractivity contribution is 5.87. The van der Waals surface area contributed by atoms with Crippen LogP contribution in [0.25, 0.3) is 11.1 Å². The van der Waals surface area contributed by atoms with E-state index in [2.05, 4.69) is 55.4 Å². The largest absolute Gasteiger partial charge is 0.0654 e. The van der Waals surface area contributed by atoms with Gasteiger partial charge < -0.3 is 0 Å². The minimum atomic E-state index is 1.22. The Morgan fingerprint density at radius 1 is 0.267 bits per heavy atom. The molecule has 2 aromatic carbocycles. The Balaban J connectivity index is 2.55. The van der Waals surface area contributed by atoms with Crippen molar-refractivity contribution in [3.05, 3.63) is 55.6 Å². The lowest BCUT2D eigenvalue weighted by Gasteiger charge is -2.27. The Labute approximate surface area is 282 Å². The van der Waals surface area contributed by atoms with Crippen LogP contribution in [0.4, 0.5) is 0 Å². The maximum Gasteiger partial charge on any atom is -0.000756 e. The van der Waals surface area contributed by atoms with E-state index in [9.17, 15) is 0 Å². The molecule has 1 aliphatic rings. The van der Waals surface area contributed by atoms with Crippen LogP contribution in [0.15, 0.2) is 0 Å². The summed E-state index contributed by atoms with van der Waals surface area (Å²) in [6.07, 6.45) is 32.6. The van der Waals surface area contributed by atoms with Gasteiger partial charge in [0.1, 0.15) is 0 Å². The number of fused-ring (bicyclic) bond motifs is 3. The summed E-state index contributed by atoms with van der Waals surface area (Å²) in [6.45, 7) is 19.2. The number of hydrogen-bond acceptors (Lipinski definition) is 0. The lowest BCUT2D eigenvalue weighted by molar-refractivity contribution is 0.716. The van der Waals surface area contributed by atoms with Crippen molar-refractivity contribution in [3.8, 4) is 11.1 Å². The van der Waals surface area contributed by atoms with Crippen molar-refractivity contribution in [2.45, 2.75) is 216 Å². The van der Waals surface area contributed by atoms with Gasteiger partial charge in [-0.15, -0.1) is 0 Å². The monoisotopic (exact) mass is 615 g/mol. The molecule has 0 aliphatic heterocycles. The molecule has 0 fully saturated rings. The molecule has 0 amide bonds. The van der Waals surface area contributed by atoms with Gasteiger partial charge >= 0.3 is 0 Å². The van der Waals surface area contributed by atoms with Crippen molar-refractivity contribution in [1.82, 2.24) is 0 Å². The number of benzene rings is 2. The first kappa shape index (κ1) is 37.9. The molecule has 0 heterocycles. The van der Waals surface area contributed by atoms with E-state index in [0.29, 0.717) is 0 Å². The van der Waals surface area contributed by atoms with Crippen molar-refractivity contribution < 1.29 is 0 Å². The third-order valence-electron chi connectivity index (χ3n) is 11.0. The molecule has 1 aliphatic carbocycles. The van der Waals surface area contributed by atoms with Gasteiger partial charge in [-0.05, 0) is 176 Å². The van der Waals surface area contributed by atoms with Gasteiger partial charge in [0, 0.05) is 0 Å². The molecule has 0 N–H and O–H groups in total. The molecule has 2 aromatic rings. The molecular formula is C45H74. The second kappa shape index (κ2) is 20.6. The molecule has 0 saturated carbocycles. The fourth-order valence-corrected chi connectivity index (χ4v) is 8.42. The smallest absolute Gasteiger partial charge is 0.000756 e. The highest BCUT2D eigenvalue weighted by Gasteiger charge is 2.34. The summed E-state index contributed by atoms with van der Waals surface area (Å²) in [4.78, 5) is 0. The second-order valence-corrected chi connectivity index (χ2v) is 14.5. The van der Waals surface area contributed by atoms with Gasteiger partial charge in [-0.1, -0.05) is 107 Å². The van der Waals surface area contributed by atoms with Crippen LogP contribution >= 0.6 is 0 Å². The summed E-state index contributed by atoms with van der Waals surface area (Å²) in [7, 11) is 0. The standard InChI is InChI=1S/C45H74/c1-9-17-25-34-36(27-19-11-3)40(31-23-15-7)44-42(38(34)29-21-13-5)33-43-39(30-22-14-6)35(26-18-10-2)37(28-20-12-4)41(45(43)44)32-24-16-8/h9-33H2,1-8H3.